The van der Waals surface area contributed by atoms with Crippen molar-refractivity contribution in [1.82, 2.24) is 0 Å². The molecule has 1 aromatic rings. The van der Waals surface area contributed by atoms with Crippen molar-refractivity contribution < 1.29 is 19.1 Å². The van der Waals surface area contributed by atoms with Crippen LogP contribution in [0.25, 0.3) is 0 Å². The Morgan fingerprint density at radius 3 is 2.55 bits per heavy atom. The van der Waals surface area contributed by atoms with Crippen LogP contribution < -0.4 is 15.5 Å². The minimum Gasteiger partial charge on any atom is -0.444 e. The lowest BCUT2D eigenvalue weighted by molar-refractivity contribution is -0.116. The minimum atomic E-state index is -0.628. The third-order valence-corrected chi connectivity index (χ3v) is 6.35. The summed E-state index contributed by atoms with van der Waals surface area (Å²) >= 11 is 11.5. The van der Waals surface area contributed by atoms with Crippen molar-refractivity contribution in [2.24, 2.45) is 11.7 Å². The molecule has 1 saturated carbocycles. The first-order valence-electron chi connectivity index (χ1n) is 10.1. The van der Waals surface area contributed by atoms with Crippen molar-refractivity contribution in [1.29, 1.82) is 0 Å². The van der Waals surface area contributed by atoms with Crippen molar-refractivity contribution in [2.75, 3.05) is 16.3 Å². The predicted octanol–water partition coefficient (Wildman–Crippen LogP) is 3.45. The first kappa shape index (κ1) is 21.5. The van der Waals surface area contributed by atoms with E-state index in [4.69, 9.17) is 34.3 Å². The van der Waals surface area contributed by atoms with Gasteiger partial charge in [0.2, 0.25) is 11.8 Å². The molecule has 9 heteroatoms. The highest BCUT2D eigenvalue weighted by Gasteiger charge is 2.36. The number of thiocarbonyl (C=S) groups is 1. The number of halogens is 1. The zero-order chi connectivity index (χ0) is 22.3. The molecule has 4 rings (SSSR count). The van der Waals surface area contributed by atoms with Gasteiger partial charge in [-0.1, -0.05) is 29.9 Å². The van der Waals surface area contributed by atoms with Crippen LogP contribution in [0.4, 0.5) is 16.2 Å². The lowest BCUT2D eigenvalue weighted by Crippen LogP contribution is -2.31. The first-order chi connectivity index (χ1) is 14.7. The Morgan fingerprint density at radius 1 is 1.29 bits per heavy atom. The second-order valence-electron chi connectivity index (χ2n) is 7.93. The standard InChI is InChI=1S/C22H22ClN3O4S/c1-12(27)26(17-6-7-17)16-4-2-15(3-5-16)25-11-18(30-22(25)29)9-13-8-14(23)10-19(20(13)31)21(24)28/h2-5,8,10,13,17-18H,6-7,9,11H2,1H3,(H2,24,28). The molecule has 0 aromatic heterocycles. The normalized spacial score (nSPS) is 23.2. The smallest absolute Gasteiger partial charge is 0.414 e. The maximum atomic E-state index is 12.5. The SMILES string of the molecule is CC(=O)N(c1ccc(N2CC(CC3C=C(Cl)C=C(C(N)=O)C3=S)OC2=O)cc1)C1CC1. The zero-order valence-electron chi connectivity index (χ0n) is 16.9. The van der Waals surface area contributed by atoms with E-state index in [-0.39, 0.29) is 23.4 Å². The Bertz CT molecular complexity index is 1020. The van der Waals surface area contributed by atoms with E-state index in [9.17, 15) is 14.4 Å². The highest BCUT2D eigenvalue weighted by molar-refractivity contribution is 7.81. The second kappa shape index (κ2) is 8.43. The lowest BCUT2D eigenvalue weighted by atomic mass is 9.89. The van der Waals surface area contributed by atoms with Crippen LogP contribution in [0.1, 0.15) is 26.2 Å². The Kier molecular flexibility index (Phi) is 5.85. The van der Waals surface area contributed by atoms with E-state index in [0.717, 1.165) is 18.5 Å². The molecule has 0 radical (unpaired) electrons. The predicted molar refractivity (Wildman–Crippen MR) is 122 cm³/mol. The van der Waals surface area contributed by atoms with Gasteiger partial charge < -0.3 is 15.4 Å². The molecule has 2 aliphatic carbocycles. The summed E-state index contributed by atoms with van der Waals surface area (Å²) < 4.78 is 5.53. The highest BCUT2D eigenvalue weighted by atomic mass is 35.5. The van der Waals surface area contributed by atoms with Crippen molar-refractivity contribution in [2.45, 2.75) is 38.3 Å². The van der Waals surface area contributed by atoms with Gasteiger partial charge in [0.15, 0.2) is 0 Å². The maximum Gasteiger partial charge on any atom is 0.414 e. The molecule has 0 bridgehead atoms. The van der Waals surface area contributed by atoms with Crippen LogP contribution in [-0.2, 0) is 14.3 Å². The average molecular weight is 460 g/mol. The van der Waals surface area contributed by atoms with E-state index < -0.39 is 18.1 Å². The quantitative estimate of drug-likeness (QED) is 0.657. The number of hydrogen-bond donors (Lipinski definition) is 1. The van der Waals surface area contributed by atoms with Crippen LogP contribution in [0.2, 0.25) is 0 Å². The van der Waals surface area contributed by atoms with Gasteiger partial charge in [0.1, 0.15) is 6.10 Å². The number of ether oxygens (including phenoxy) is 1. The summed E-state index contributed by atoms with van der Waals surface area (Å²) in [6.07, 6.45) is 4.76. The Labute approximate surface area is 190 Å². The summed E-state index contributed by atoms with van der Waals surface area (Å²) in [5.41, 5.74) is 7.11. The van der Waals surface area contributed by atoms with Gasteiger partial charge in [0.25, 0.3) is 0 Å². The van der Waals surface area contributed by atoms with Crippen LogP contribution in [0.15, 0.2) is 47.0 Å². The molecular formula is C22H22ClN3O4S. The number of hydrogen-bond acceptors (Lipinski definition) is 5. The molecule has 2 N–H and O–H groups in total. The fraction of sp³-hybridized carbons (Fsp3) is 0.364. The number of cyclic esters (lactones) is 1. The van der Waals surface area contributed by atoms with E-state index in [0.29, 0.717) is 28.5 Å². The zero-order valence-corrected chi connectivity index (χ0v) is 18.5. The van der Waals surface area contributed by atoms with Crippen molar-refractivity contribution in [3.05, 3.63) is 47.0 Å². The van der Waals surface area contributed by atoms with Crippen molar-refractivity contribution in [3.63, 3.8) is 0 Å². The molecule has 31 heavy (non-hydrogen) atoms. The van der Waals surface area contributed by atoms with Crippen LogP contribution >= 0.6 is 23.8 Å². The highest BCUT2D eigenvalue weighted by Crippen LogP contribution is 2.34. The van der Waals surface area contributed by atoms with Gasteiger partial charge in [-0.2, -0.15) is 0 Å². The number of nitrogens with two attached hydrogens (primary N) is 1. The number of primary amides is 1. The number of carbonyl (C=O) groups excluding carboxylic acids is 3. The number of amides is 3. The Morgan fingerprint density at radius 2 is 1.97 bits per heavy atom. The van der Waals surface area contributed by atoms with E-state index in [2.05, 4.69) is 0 Å². The number of nitrogens with zero attached hydrogens (tertiary/aromatic N) is 2. The van der Waals surface area contributed by atoms with Gasteiger partial charge in [0.05, 0.1) is 12.1 Å². The van der Waals surface area contributed by atoms with Crippen molar-refractivity contribution >= 4 is 58.0 Å². The molecule has 0 spiro atoms. The average Bonchev–Trinajstić information content (AvgIpc) is 3.46. The van der Waals surface area contributed by atoms with E-state index in [1.165, 1.54) is 6.08 Å². The molecule has 2 atom stereocenters. The fourth-order valence-corrected chi connectivity index (χ4v) is 4.59. The van der Waals surface area contributed by atoms with Gasteiger partial charge in [-0.3, -0.25) is 14.5 Å². The summed E-state index contributed by atoms with van der Waals surface area (Å²) in [6.45, 7) is 1.90. The second-order valence-corrected chi connectivity index (χ2v) is 8.81. The van der Waals surface area contributed by atoms with Crippen LogP contribution in [0.5, 0.6) is 0 Å². The number of anilines is 2. The summed E-state index contributed by atoms with van der Waals surface area (Å²) in [4.78, 5) is 39.8. The minimum absolute atomic E-state index is 0.00967. The molecule has 1 aromatic carbocycles. The molecule has 3 amide bonds. The Balaban J connectivity index is 1.44. The molecule has 2 unspecified atom stereocenters. The number of rotatable bonds is 6. The van der Waals surface area contributed by atoms with Gasteiger partial charge in [0, 0.05) is 40.2 Å². The summed E-state index contributed by atoms with van der Waals surface area (Å²) in [5, 5.41) is 0.384. The molecular weight excluding hydrogens is 438 g/mol. The van der Waals surface area contributed by atoms with Gasteiger partial charge in [-0.25, -0.2) is 4.79 Å². The molecule has 3 aliphatic rings. The van der Waals surface area contributed by atoms with Gasteiger partial charge in [-0.15, -0.1) is 0 Å². The Hall–Kier alpha value is -2.71. The third kappa shape index (κ3) is 4.50. The topological polar surface area (TPSA) is 92.9 Å². The summed E-state index contributed by atoms with van der Waals surface area (Å²) in [6, 6.07) is 7.58. The van der Waals surface area contributed by atoms with Crippen molar-refractivity contribution in [3.8, 4) is 0 Å². The van der Waals surface area contributed by atoms with Gasteiger partial charge >= 0.3 is 6.09 Å². The summed E-state index contributed by atoms with van der Waals surface area (Å²) in [7, 11) is 0. The largest absolute Gasteiger partial charge is 0.444 e. The van der Waals surface area contributed by atoms with E-state index in [1.807, 2.05) is 24.3 Å². The summed E-state index contributed by atoms with van der Waals surface area (Å²) in [5.74, 6) is -0.939. The fourth-order valence-electron chi connectivity index (χ4n) is 4.01. The third-order valence-electron chi connectivity index (χ3n) is 5.59. The maximum absolute atomic E-state index is 12.5. The monoisotopic (exact) mass is 459 g/mol. The van der Waals surface area contributed by atoms with Crippen LogP contribution in [-0.4, -0.2) is 41.5 Å². The molecule has 1 heterocycles. The molecule has 162 valence electrons. The molecule has 1 aliphatic heterocycles. The van der Waals surface area contributed by atoms with Crippen LogP contribution in [0, 0.1) is 5.92 Å². The first-order valence-corrected chi connectivity index (χ1v) is 10.8. The number of carbonyl (C=O) groups is 3. The number of allylic oxidation sites excluding steroid dienone is 3. The lowest BCUT2D eigenvalue weighted by Gasteiger charge is -2.22. The number of benzene rings is 1. The molecule has 7 nitrogen and oxygen atoms in total. The van der Waals surface area contributed by atoms with E-state index in [1.54, 1.807) is 22.8 Å². The van der Waals surface area contributed by atoms with Gasteiger partial charge in [-0.05, 0) is 49.6 Å². The molecule has 1 saturated heterocycles. The molecule has 2 fully saturated rings. The van der Waals surface area contributed by atoms with Crippen LogP contribution in [0.3, 0.4) is 0 Å². The van der Waals surface area contributed by atoms with E-state index >= 15 is 0 Å².